The quantitative estimate of drug-likeness (QED) is 0.222. The zero-order valence-electron chi connectivity index (χ0n) is 27.3. The van der Waals surface area contributed by atoms with Crippen molar-refractivity contribution >= 4 is 21.8 Å². The molecule has 2 aromatic carbocycles. The van der Waals surface area contributed by atoms with Gasteiger partial charge in [0.1, 0.15) is 0 Å². The molecule has 39 heavy (non-hydrogen) atoms. The summed E-state index contributed by atoms with van der Waals surface area (Å²) in [5.41, 5.74) is 1.90. The number of rotatable bonds is 0. The van der Waals surface area contributed by atoms with E-state index in [0.717, 1.165) is 33.6 Å². The monoisotopic (exact) mass is 541 g/mol. The van der Waals surface area contributed by atoms with Gasteiger partial charge in [-0.2, -0.15) is 10.2 Å². The van der Waals surface area contributed by atoms with Crippen LogP contribution in [-0.4, -0.2) is 20.2 Å². The zero-order valence-corrected chi connectivity index (χ0v) is 27.3. The predicted molar refractivity (Wildman–Crippen MR) is 181 cm³/mol. The smallest absolute Gasteiger partial charge is 0.0886 e. The van der Waals surface area contributed by atoms with Crippen molar-refractivity contribution in [2.45, 2.75) is 117 Å². The number of benzene rings is 2. The number of hydrogen-bond acceptors (Lipinski definition) is 4. The summed E-state index contributed by atoms with van der Waals surface area (Å²) in [5, 5.41) is 9.80. The van der Waals surface area contributed by atoms with E-state index in [-0.39, 0.29) is 7.43 Å². The molecule has 0 saturated carbocycles. The van der Waals surface area contributed by atoms with Gasteiger partial charge in [0.2, 0.25) is 0 Å². The third kappa shape index (κ3) is 35.1. The highest BCUT2D eigenvalue weighted by molar-refractivity contribution is 5.80. The van der Waals surface area contributed by atoms with Crippen LogP contribution < -0.4 is 0 Å². The molecule has 4 nitrogen and oxygen atoms in total. The Morgan fingerprint density at radius 1 is 0.513 bits per heavy atom. The van der Waals surface area contributed by atoms with Crippen LogP contribution in [0, 0.1) is 11.8 Å². The maximum atomic E-state index is 4.12. The largest absolute Gasteiger partial charge is 0.253 e. The average molecular weight is 541 g/mol. The molecule has 0 spiro atoms. The standard InChI is InChI=1S/2C8H6N2.2C4H10.2C3H8.2C2H6.CH4/c1-2-4-8-6-10-9-5-7(8)3-1;1-2-4-8-7(3-1)9-5-6-10-8;2*1-4(2)3;2*1-3-2;2*1-2;/h2*1-6H;2*4H,1-3H3;2*3H2,1-2H3;2*1-2H3;1H4. The first kappa shape index (κ1) is 46.0. The lowest BCUT2D eigenvalue weighted by atomic mass is 10.2. The summed E-state index contributed by atoms with van der Waals surface area (Å²) < 4.78 is 0. The molecule has 0 aliphatic rings. The van der Waals surface area contributed by atoms with Crippen molar-refractivity contribution in [1.29, 1.82) is 0 Å². The molecule has 2 heterocycles. The Morgan fingerprint density at radius 2 is 0.744 bits per heavy atom. The second kappa shape index (κ2) is 37.3. The van der Waals surface area contributed by atoms with Crippen molar-refractivity contribution in [3.63, 3.8) is 0 Å². The van der Waals surface area contributed by atoms with Crippen molar-refractivity contribution < 1.29 is 0 Å². The predicted octanol–water partition coefficient (Wildman–Crippen LogP) is 12.1. The molecule has 0 aliphatic heterocycles. The molecule has 0 amide bonds. The molecule has 0 unspecified atom stereocenters. The van der Waals surface area contributed by atoms with Crippen molar-refractivity contribution in [3.8, 4) is 0 Å². The van der Waals surface area contributed by atoms with E-state index in [2.05, 4.69) is 89.4 Å². The molecule has 2 aromatic heterocycles. The van der Waals surface area contributed by atoms with Crippen molar-refractivity contribution in [3.05, 3.63) is 73.3 Å². The first-order valence-electron chi connectivity index (χ1n) is 14.5. The van der Waals surface area contributed by atoms with Crippen LogP contribution >= 0.6 is 0 Å². The van der Waals surface area contributed by atoms with Crippen molar-refractivity contribution in [2.24, 2.45) is 11.8 Å². The molecule has 0 radical (unpaired) electrons. The van der Waals surface area contributed by atoms with Crippen molar-refractivity contribution in [2.75, 3.05) is 0 Å². The molecule has 0 saturated heterocycles. The number of fused-ring (bicyclic) bond motifs is 2. The molecule has 4 aromatic rings. The summed E-state index contributed by atoms with van der Waals surface area (Å²) in [7, 11) is 0. The summed E-state index contributed by atoms with van der Waals surface area (Å²) in [6, 6.07) is 15.8. The highest BCUT2D eigenvalue weighted by atomic mass is 15.1. The summed E-state index contributed by atoms with van der Waals surface area (Å²) in [5.74, 6) is 1.67. The van der Waals surface area contributed by atoms with Gasteiger partial charge >= 0.3 is 0 Å². The van der Waals surface area contributed by atoms with E-state index < -0.39 is 0 Å². The Kier molecular flexibility index (Phi) is 44.0. The molecule has 0 N–H and O–H groups in total. The van der Waals surface area contributed by atoms with Crippen LogP contribution in [0.15, 0.2) is 73.3 Å². The minimum Gasteiger partial charge on any atom is -0.253 e. The Balaban J connectivity index is -0.000000124. The number of para-hydroxylation sites is 2. The van der Waals surface area contributed by atoms with Crippen LogP contribution in [-0.2, 0) is 0 Å². The highest BCUT2D eigenvalue weighted by Gasteiger charge is 1.88. The van der Waals surface area contributed by atoms with Gasteiger partial charge in [-0.15, -0.1) is 0 Å². The normalized spacial score (nSPS) is 8.21. The van der Waals surface area contributed by atoms with Gasteiger partial charge in [-0.3, -0.25) is 9.97 Å². The summed E-state index contributed by atoms with van der Waals surface area (Å²) in [6.45, 7) is 29.5. The topological polar surface area (TPSA) is 51.6 Å². The second-order valence-corrected chi connectivity index (χ2v) is 9.04. The fourth-order valence-corrected chi connectivity index (χ4v) is 1.85. The molecule has 0 atom stereocenters. The van der Waals surface area contributed by atoms with E-state index >= 15 is 0 Å². The van der Waals surface area contributed by atoms with Gasteiger partial charge in [0.25, 0.3) is 0 Å². The first-order chi connectivity index (χ1) is 18.2. The lowest BCUT2D eigenvalue weighted by Crippen LogP contribution is -1.78. The van der Waals surface area contributed by atoms with Gasteiger partial charge in [-0.05, 0) is 24.0 Å². The molecule has 4 rings (SSSR count). The van der Waals surface area contributed by atoms with Crippen LogP contribution in [0.3, 0.4) is 0 Å². The number of nitrogens with zero attached hydrogens (tertiary/aromatic N) is 4. The molecule has 0 fully saturated rings. The van der Waals surface area contributed by atoms with E-state index in [9.17, 15) is 0 Å². The zero-order chi connectivity index (χ0) is 30.2. The van der Waals surface area contributed by atoms with Gasteiger partial charge in [-0.25, -0.2) is 0 Å². The van der Waals surface area contributed by atoms with Crippen LogP contribution in [0.25, 0.3) is 21.8 Å². The molecular weight excluding hydrogens is 476 g/mol. The van der Waals surface area contributed by atoms with Gasteiger partial charge in [0.05, 0.1) is 23.4 Å². The third-order valence-corrected chi connectivity index (χ3v) is 2.83. The SMILES string of the molecule is C.CC.CC.CC(C)C.CC(C)C.CCC.CCC.c1ccc2cnncc2c1.c1ccc2nccnc2c1. The molecule has 0 bridgehead atoms. The van der Waals surface area contributed by atoms with Crippen LogP contribution in [0.5, 0.6) is 0 Å². The van der Waals surface area contributed by atoms with Crippen LogP contribution in [0.4, 0.5) is 0 Å². The minimum absolute atomic E-state index is 0. The summed E-state index contributed by atoms with van der Waals surface area (Å²) in [4.78, 5) is 8.24. The first-order valence-corrected chi connectivity index (χ1v) is 14.5. The van der Waals surface area contributed by atoms with Crippen LogP contribution in [0.2, 0.25) is 0 Å². The maximum absolute atomic E-state index is 4.12. The maximum Gasteiger partial charge on any atom is 0.0886 e. The van der Waals surface area contributed by atoms with E-state index in [0.29, 0.717) is 0 Å². The third-order valence-electron chi connectivity index (χ3n) is 2.83. The Hall–Kier alpha value is -2.88. The number of hydrogen-bond donors (Lipinski definition) is 0. The fraction of sp³-hybridized carbons (Fsp3) is 0.543. The Bertz CT molecular complexity index is 737. The van der Waals surface area contributed by atoms with Crippen molar-refractivity contribution in [1.82, 2.24) is 20.2 Å². The number of aromatic nitrogens is 4. The van der Waals surface area contributed by atoms with E-state index in [1.54, 1.807) is 24.8 Å². The van der Waals surface area contributed by atoms with Gasteiger partial charge in [0.15, 0.2) is 0 Å². The highest BCUT2D eigenvalue weighted by Crippen LogP contribution is 2.08. The summed E-state index contributed by atoms with van der Waals surface area (Å²) in [6.07, 6.45) is 9.41. The Morgan fingerprint density at radius 3 is 1.00 bits per heavy atom. The molecule has 224 valence electrons. The van der Waals surface area contributed by atoms with Crippen LogP contribution in [0.1, 0.15) is 117 Å². The fourth-order valence-electron chi connectivity index (χ4n) is 1.85. The summed E-state index contributed by atoms with van der Waals surface area (Å²) >= 11 is 0. The van der Waals surface area contributed by atoms with E-state index in [4.69, 9.17) is 0 Å². The van der Waals surface area contributed by atoms with E-state index in [1.165, 1.54) is 12.8 Å². The Labute approximate surface area is 244 Å². The molecule has 4 heteroatoms. The lowest BCUT2D eigenvalue weighted by Gasteiger charge is -1.90. The second-order valence-electron chi connectivity index (χ2n) is 9.04. The molecular formula is C35H64N4. The molecule has 0 aliphatic carbocycles. The van der Waals surface area contributed by atoms with Gasteiger partial charge in [0, 0.05) is 23.2 Å². The minimum atomic E-state index is 0. The average Bonchev–Trinajstić information content (AvgIpc) is 2.92. The van der Waals surface area contributed by atoms with Gasteiger partial charge in [-0.1, -0.05) is 154 Å². The van der Waals surface area contributed by atoms with Gasteiger partial charge < -0.3 is 0 Å². The lowest BCUT2D eigenvalue weighted by molar-refractivity contribution is 0.736. The van der Waals surface area contributed by atoms with E-state index in [1.807, 2.05) is 76.2 Å².